The molecule has 3 atom stereocenters. The molecule has 130 valence electrons. The molecule has 0 bridgehead atoms. The van der Waals surface area contributed by atoms with E-state index in [1.807, 2.05) is 26.0 Å². The lowest BCUT2D eigenvalue weighted by atomic mass is 9.85. The first-order chi connectivity index (χ1) is 11.2. The van der Waals surface area contributed by atoms with Gasteiger partial charge in [0.1, 0.15) is 0 Å². The molecule has 3 nitrogen and oxygen atoms in total. The molecular weight excluding hydrogens is 286 g/mol. The Bertz CT molecular complexity index is 451. The molecule has 0 spiro atoms. The van der Waals surface area contributed by atoms with Crippen molar-refractivity contribution < 1.29 is 9.53 Å². The molecule has 0 aromatic carbocycles. The number of likely N-dealkylation sites (tertiary alicyclic amines) is 1. The second-order valence-corrected chi connectivity index (χ2v) is 6.95. The third-order valence-electron chi connectivity index (χ3n) is 5.09. The lowest BCUT2D eigenvalue weighted by molar-refractivity contribution is -0.120. The fourth-order valence-electron chi connectivity index (χ4n) is 3.53. The average Bonchev–Trinajstić information content (AvgIpc) is 3.41. The van der Waals surface area contributed by atoms with Gasteiger partial charge in [0, 0.05) is 37.6 Å². The van der Waals surface area contributed by atoms with Crippen molar-refractivity contribution in [2.24, 2.45) is 17.8 Å². The molecule has 1 aliphatic heterocycles. The lowest BCUT2D eigenvalue weighted by Gasteiger charge is -2.32. The van der Waals surface area contributed by atoms with Gasteiger partial charge >= 0.3 is 0 Å². The van der Waals surface area contributed by atoms with Crippen molar-refractivity contribution in [1.82, 2.24) is 4.90 Å². The van der Waals surface area contributed by atoms with Crippen LogP contribution in [0.1, 0.15) is 46.5 Å². The number of methoxy groups -OCH3 is 1. The highest BCUT2D eigenvalue weighted by Crippen LogP contribution is 2.32. The third-order valence-corrected chi connectivity index (χ3v) is 5.09. The topological polar surface area (TPSA) is 29.5 Å². The third kappa shape index (κ3) is 5.02. The number of ether oxygens (including phenoxy) is 1. The number of Topliss-reactive ketones (excluding diaryl/α,β-unsaturated/α-hetero) is 1. The molecule has 1 heterocycles. The van der Waals surface area contributed by atoms with Gasteiger partial charge in [-0.15, -0.1) is 0 Å². The SMILES string of the molecule is CC.COC1C=C(C(=O)[C@H]2CCCN(CC3CC3)C2)C=CC1C. The standard InChI is InChI=1S/C18H27NO2.C2H6/c1-13-5-8-15(10-17(13)21-2)18(20)16-4-3-9-19(12-16)11-14-6-7-14;1-2/h5,8,10,13-14,16-17H,3-4,6-7,9,11-12H2,1-2H3;1-2H3/t13?,16-,17?;/m0./s1. The molecule has 2 aliphatic carbocycles. The van der Waals surface area contributed by atoms with Gasteiger partial charge in [-0.1, -0.05) is 32.9 Å². The smallest absolute Gasteiger partial charge is 0.166 e. The van der Waals surface area contributed by atoms with E-state index in [1.165, 1.54) is 25.9 Å². The maximum atomic E-state index is 12.8. The van der Waals surface area contributed by atoms with Crippen LogP contribution in [0, 0.1) is 17.8 Å². The van der Waals surface area contributed by atoms with Crippen LogP contribution in [0.15, 0.2) is 23.8 Å². The summed E-state index contributed by atoms with van der Waals surface area (Å²) in [5, 5.41) is 0. The van der Waals surface area contributed by atoms with Crippen LogP contribution in [0.5, 0.6) is 0 Å². The predicted octanol–water partition coefficient (Wildman–Crippen LogP) is 3.85. The molecule has 1 saturated heterocycles. The summed E-state index contributed by atoms with van der Waals surface area (Å²) >= 11 is 0. The van der Waals surface area contributed by atoms with Gasteiger partial charge in [0.15, 0.2) is 5.78 Å². The van der Waals surface area contributed by atoms with Crippen molar-refractivity contribution in [2.75, 3.05) is 26.7 Å². The van der Waals surface area contributed by atoms with Crippen molar-refractivity contribution in [3.8, 4) is 0 Å². The Balaban J connectivity index is 0.000000924. The van der Waals surface area contributed by atoms with E-state index in [4.69, 9.17) is 4.74 Å². The van der Waals surface area contributed by atoms with Gasteiger partial charge < -0.3 is 9.64 Å². The van der Waals surface area contributed by atoms with Crippen molar-refractivity contribution in [2.45, 2.75) is 52.6 Å². The summed E-state index contributed by atoms with van der Waals surface area (Å²) in [6.45, 7) is 9.46. The largest absolute Gasteiger partial charge is 0.377 e. The second kappa shape index (κ2) is 8.79. The maximum Gasteiger partial charge on any atom is 0.166 e. The molecule has 0 aromatic rings. The Kier molecular flexibility index (Phi) is 7.04. The Labute approximate surface area is 141 Å². The fourth-order valence-corrected chi connectivity index (χ4v) is 3.53. The van der Waals surface area contributed by atoms with Crippen molar-refractivity contribution >= 4 is 5.78 Å². The molecule has 0 aromatic heterocycles. The van der Waals surface area contributed by atoms with Crippen LogP contribution in [0.25, 0.3) is 0 Å². The summed E-state index contributed by atoms with van der Waals surface area (Å²) in [6, 6.07) is 0. The Morgan fingerprint density at radius 1 is 1.30 bits per heavy atom. The number of carbonyl (C=O) groups is 1. The van der Waals surface area contributed by atoms with E-state index in [-0.39, 0.29) is 12.0 Å². The van der Waals surface area contributed by atoms with Crippen LogP contribution in [-0.2, 0) is 9.53 Å². The Morgan fingerprint density at radius 3 is 2.70 bits per heavy atom. The van der Waals surface area contributed by atoms with E-state index in [0.29, 0.717) is 11.7 Å². The summed E-state index contributed by atoms with van der Waals surface area (Å²) in [7, 11) is 1.72. The van der Waals surface area contributed by atoms with Crippen molar-refractivity contribution in [3.05, 3.63) is 23.8 Å². The van der Waals surface area contributed by atoms with Gasteiger partial charge in [-0.25, -0.2) is 0 Å². The van der Waals surface area contributed by atoms with Crippen molar-refractivity contribution in [1.29, 1.82) is 0 Å². The average molecular weight is 319 g/mol. The van der Waals surface area contributed by atoms with E-state index >= 15 is 0 Å². The number of hydrogen-bond donors (Lipinski definition) is 0. The number of allylic oxidation sites excluding steroid dienone is 2. The minimum Gasteiger partial charge on any atom is -0.377 e. The van der Waals surface area contributed by atoms with E-state index in [1.54, 1.807) is 7.11 Å². The Morgan fingerprint density at radius 2 is 2.04 bits per heavy atom. The highest BCUT2D eigenvalue weighted by atomic mass is 16.5. The number of piperidine rings is 1. The van der Waals surface area contributed by atoms with E-state index in [9.17, 15) is 4.79 Å². The summed E-state index contributed by atoms with van der Waals surface area (Å²) < 4.78 is 5.46. The van der Waals surface area contributed by atoms with Crippen LogP contribution in [-0.4, -0.2) is 43.5 Å². The fraction of sp³-hybridized carbons (Fsp3) is 0.750. The molecule has 0 radical (unpaired) electrons. The molecule has 23 heavy (non-hydrogen) atoms. The quantitative estimate of drug-likeness (QED) is 0.771. The van der Waals surface area contributed by atoms with Crippen molar-refractivity contribution in [3.63, 3.8) is 0 Å². The van der Waals surface area contributed by atoms with Crippen LogP contribution in [0.4, 0.5) is 0 Å². The number of hydrogen-bond acceptors (Lipinski definition) is 3. The van der Waals surface area contributed by atoms with Gasteiger partial charge in [-0.2, -0.15) is 0 Å². The van der Waals surface area contributed by atoms with Gasteiger partial charge in [0.05, 0.1) is 6.10 Å². The highest BCUT2D eigenvalue weighted by Gasteiger charge is 2.31. The molecule has 0 N–H and O–H groups in total. The second-order valence-electron chi connectivity index (χ2n) is 6.95. The molecule has 0 amide bonds. The zero-order chi connectivity index (χ0) is 16.8. The number of carbonyl (C=O) groups excluding carboxylic acids is 1. The zero-order valence-corrected chi connectivity index (χ0v) is 15.3. The first kappa shape index (κ1) is 18.4. The molecule has 2 fully saturated rings. The van der Waals surface area contributed by atoms with E-state index in [2.05, 4.69) is 17.9 Å². The van der Waals surface area contributed by atoms with Gasteiger partial charge in [0.25, 0.3) is 0 Å². The van der Waals surface area contributed by atoms with E-state index in [0.717, 1.165) is 30.9 Å². The van der Waals surface area contributed by atoms with Crippen LogP contribution in [0.3, 0.4) is 0 Å². The van der Waals surface area contributed by atoms with Gasteiger partial charge in [-0.05, 0) is 44.2 Å². The van der Waals surface area contributed by atoms with Crippen LogP contribution >= 0.6 is 0 Å². The normalized spacial score (nSPS) is 31.1. The highest BCUT2D eigenvalue weighted by molar-refractivity contribution is 6.00. The van der Waals surface area contributed by atoms with E-state index < -0.39 is 0 Å². The van der Waals surface area contributed by atoms with Gasteiger partial charge in [-0.3, -0.25) is 4.79 Å². The summed E-state index contributed by atoms with van der Waals surface area (Å²) in [6.07, 6.45) is 11.1. The maximum absolute atomic E-state index is 12.8. The van der Waals surface area contributed by atoms with Crippen LogP contribution in [0.2, 0.25) is 0 Å². The summed E-state index contributed by atoms with van der Waals surface area (Å²) in [4.78, 5) is 15.3. The van der Waals surface area contributed by atoms with Crippen LogP contribution < -0.4 is 0 Å². The minimum absolute atomic E-state index is 0.0418. The molecule has 3 aliphatic rings. The first-order valence-electron chi connectivity index (χ1n) is 9.36. The summed E-state index contributed by atoms with van der Waals surface area (Å²) in [5.41, 5.74) is 0.859. The monoisotopic (exact) mass is 319 g/mol. The summed E-state index contributed by atoms with van der Waals surface area (Å²) in [5.74, 6) is 1.76. The molecule has 3 rings (SSSR count). The molecule has 3 heteroatoms. The zero-order valence-electron chi connectivity index (χ0n) is 15.3. The number of nitrogens with zero attached hydrogens (tertiary/aromatic N) is 1. The Hall–Kier alpha value is -0.930. The first-order valence-corrected chi connectivity index (χ1v) is 9.36. The number of ketones is 1. The molecular formula is C20H33NO2. The van der Waals surface area contributed by atoms with Gasteiger partial charge in [0.2, 0.25) is 0 Å². The molecule has 1 saturated carbocycles. The minimum atomic E-state index is 0.0418. The predicted molar refractivity (Wildman–Crippen MR) is 95.4 cm³/mol. The molecule has 2 unspecified atom stereocenters. The lowest BCUT2D eigenvalue weighted by Crippen LogP contribution is -2.40. The number of rotatable bonds is 5.